The molecule has 7 heteroatoms. The van der Waals surface area contributed by atoms with Crippen LogP contribution < -0.4 is 0 Å². The van der Waals surface area contributed by atoms with Gasteiger partial charge in [0.15, 0.2) is 5.78 Å². The van der Waals surface area contributed by atoms with Crippen LogP contribution in [0.4, 0.5) is 0 Å². The molecule has 0 spiro atoms. The first-order valence-electron chi connectivity index (χ1n) is 15.5. The largest absolute Gasteiger partial charge is 0.512 e. The molecule has 6 aromatic rings. The number of hydrogen-bond donors (Lipinski definition) is 1. The van der Waals surface area contributed by atoms with Crippen LogP contribution in [0.5, 0.6) is 0 Å². The number of aromatic nitrogens is 4. The van der Waals surface area contributed by atoms with Gasteiger partial charge in [-0.05, 0) is 42.8 Å². The van der Waals surface area contributed by atoms with Crippen LogP contribution in [0, 0.1) is 17.9 Å². The van der Waals surface area contributed by atoms with E-state index in [4.69, 9.17) is 4.98 Å². The molecular weight excluding hydrogens is 725 g/mol. The molecule has 3 aromatic heterocycles. The van der Waals surface area contributed by atoms with Crippen molar-refractivity contribution in [2.75, 3.05) is 0 Å². The number of nitrogens with zero attached hydrogens (tertiary/aromatic N) is 4. The molecule has 3 aromatic carbocycles. The van der Waals surface area contributed by atoms with Crippen molar-refractivity contribution in [1.29, 1.82) is 0 Å². The predicted molar refractivity (Wildman–Crippen MR) is 176 cm³/mol. The Morgan fingerprint density at radius 3 is 2.36 bits per heavy atom. The van der Waals surface area contributed by atoms with Gasteiger partial charge in [0.2, 0.25) is 0 Å². The maximum Gasteiger partial charge on any atom is 0.162 e. The number of benzene rings is 3. The van der Waals surface area contributed by atoms with E-state index >= 15 is 0 Å². The van der Waals surface area contributed by atoms with Crippen LogP contribution in [-0.2, 0) is 30.3 Å². The molecule has 0 fully saturated rings. The molecular formula is C37H39IrN4O2-. The minimum atomic E-state index is -0.157. The summed E-state index contributed by atoms with van der Waals surface area (Å²) in [7, 11) is 0. The Kier molecular flexibility index (Phi) is 8.93. The molecule has 1 radical (unpaired) electrons. The number of imidazole rings is 1. The first-order chi connectivity index (χ1) is 20.8. The third-order valence-corrected chi connectivity index (χ3v) is 9.40. The van der Waals surface area contributed by atoms with Gasteiger partial charge in [-0.3, -0.25) is 9.78 Å². The van der Waals surface area contributed by atoms with Gasteiger partial charge in [0.25, 0.3) is 0 Å². The number of para-hydroxylation sites is 1. The first kappa shape index (κ1) is 31.7. The van der Waals surface area contributed by atoms with E-state index in [-0.39, 0.29) is 48.9 Å². The number of hydrogen-bond acceptors (Lipinski definition) is 5. The molecule has 6 nitrogen and oxygen atoms in total. The number of carbonyl (C=O) groups is 1. The van der Waals surface area contributed by atoms with E-state index < -0.39 is 0 Å². The molecule has 1 aliphatic heterocycles. The summed E-state index contributed by atoms with van der Waals surface area (Å²) >= 11 is 0. The zero-order chi connectivity index (χ0) is 30.5. The quantitative estimate of drug-likeness (QED) is 0.0578. The maximum atomic E-state index is 11.7. The van der Waals surface area contributed by atoms with Crippen LogP contribution >= 0.6 is 0 Å². The molecule has 0 saturated carbocycles. The number of rotatable bonds is 7. The van der Waals surface area contributed by atoms with Crippen molar-refractivity contribution in [1.82, 2.24) is 19.4 Å². The van der Waals surface area contributed by atoms with E-state index in [2.05, 4.69) is 76.7 Å². The van der Waals surface area contributed by atoms with Gasteiger partial charge in [-0.1, -0.05) is 88.2 Å². The minimum absolute atomic E-state index is 0. The maximum absolute atomic E-state index is 11.7. The van der Waals surface area contributed by atoms with Crippen molar-refractivity contribution in [3.8, 4) is 0 Å². The molecule has 4 heterocycles. The third-order valence-electron chi connectivity index (χ3n) is 9.40. The number of ketones is 1. The van der Waals surface area contributed by atoms with E-state index in [0.717, 1.165) is 58.5 Å². The Hall–Kier alpha value is -3.67. The second kappa shape index (κ2) is 12.4. The molecule has 1 N–H and O–H groups in total. The van der Waals surface area contributed by atoms with E-state index in [1.165, 1.54) is 33.6 Å². The predicted octanol–water partition coefficient (Wildman–Crippen LogP) is 9.04. The summed E-state index contributed by atoms with van der Waals surface area (Å²) in [5.41, 5.74) is 7.68. The number of aliphatic hydroxyl groups excluding tert-OH is 1. The summed E-state index contributed by atoms with van der Waals surface area (Å²) < 4.78 is 2.31. The van der Waals surface area contributed by atoms with E-state index in [1.54, 1.807) is 6.33 Å². The van der Waals surface area contributed by atoms with Crippen LogP contribution in [0.25, 0.3) is 49.3 Å². The smallest absolute Gasteiger partial charge is 0.162 e. The van der Waals surface area contributed by atoms with Gasteiger partial charge in [0.05, 0.1) is 16.8 Å². The number of pyridine rings is 1. The van der Waals surface area contributed by atoms with Gasteiger partial charge in [-0.25, -0.2) is 9.97 Å². The van der Waals surface area contributed by atoms with Crippen LogP contribution in [0.2, 0.25) is 0 Å². The van der Waals surface area contributed by atoms with Crippen molar-refractivity contribution < 1.29 is 30.0 Å². The average Bonchev–Trinajstić information content (AvgIpc) is 3.41. The van der Waals surface area contributed by atoms with Crippen molar-refractivity contribution in [2.45, 2.75) is 72.6 Å². The first-order valence-corrected chi connectivity index (χ1v) is 15.5. The Morgan fingerprint density at radius 2 is 1.66 bits per heavy atom. The topological polar surface area (TPSA) is 80.4 Å². The van der Waals surface area contributed by atoms with Crippen molar-refractivity contribution in [3.63, 3.8) is 0 Å². The van der Waals surface area contributed by atoms with Crippen LogP contribution in [0.1, 0.15) is 78.4 Å². The molecule has 1 aliphatic rings. The minimum Gasteiger partial charge on any atom is -0.512 e. The molecule has 0 atom stereocenters. The second-order valence-corrected chi connectivity index (χ2v) is 12.1. The number of fused-ring (bicyclic) bond motifs is 5. The fourth-order valence-corrected chi connectivity index (χ4v) is 6.92. The Balaban J connectivity index is 0.000000209. The van der Waals surface area contributed by atoms with Gasteiger partial charge in [-0.15, -0.1) is 17.5 Å². The van der Waals surface area contributed by atoms with Crippen molar-refractivity contribution >= 4 is 55.0 Å². The number of carbonyl (C=O) groups excluding carboxylic acids is 1. The summed E-state index contributed by atoms with van der Waals surface area (Å²) in [5, 5.41) is 14.1. The molecule has 0 unspecified atom stereocenters. The van der Waals surface area contributed by atoms with E-state index in [9.17, 15) is 9.90 Å². The third kappa shape index (κ3) is 4.91. The van der Waals surface area contributed by atoms with Gasteiger partial charge in [0.1, 0.15) is 12.0 Å². The second-order valence-electron chi connectivity index (χ2n) is 12.1. The van der Waals surface area contributed by atoms with Gasteiger partial charge in [0, 0.05) is 60.5 Å². The SMILES string of the molecule is CC1(C)c2cccc3nc4c5cncnc5c5[c-]c6ccccc6c1c5n4c23.CCC(CC)C(=O)/C=C(\O)C(CC)CC.[Ir]. The zero-order valence-electron chi connectivity index (χ0n) is 26.2. The number of aliphatic hydroxyl groups is 1. The fourth-order valence-electron chi connectivity index (χ4n) is 6.92. The van der Waals surface area contributed by atoms with Crippen LogP contribution in [0.3, 0.4) is 0 Å². The van der Waals surface area contributed by atoms with Crippen LogP contribution in [-0.4, -0.2) is 30.2 Å². The average molecular weight is 764 g/mol. The summed E-state index contributed by atoms with van der Waals surface area (Å²) in [4.78, 5) is 25.7. The van der Waals surface area contributed by atoms with E-state index in [1.807, 2.05) is 33.9 Å². The zero-order valence-corrected chi connectivity index (χ0v) is 28.6. The van der Waals surface area contributed by atoms with Gasteiger partial charge in [-0.2, -0.15) is 0 Å². The fraction of sp³-hybridized carbons (Fsp3) is 0.351. The molecule has 0 aliphatic carbocycles. The van der Waals surface area contributed by atoms with E-state index in [0.29, 0.717) is 0 Å². The molecule has 44 heavy (non-hydrogen) atoms. The van der Waals surface area contributed by atoms with Crippen LogP contribution in [0.15, 0.2) is 66.8 Å². The van der Waals surface area contributed by atoms with Crippen molar-refractivity contribution in [2.24, 2.45) is 11.8 Å². The van der Waals surface area contributed by atoms with Crippen molar-refractivity contribution in [3.05, 3.63) is 84.0 Å². The van der Waals surface area contributed by atoms with Gasteiger partial charge >= 0.3 is 0 Å². The van der Waals surface area contributed by atoms with Gasteiger partial charge < -0.3 is 9.51 Å². The Labute approximate surface area is 272 Å². The molecule has 7 rings (SSSR count). The summed E-state index contributed by atoms with van der Waals surface area (Å²) in [6.45, 7) is 12.7. The number of allylic oxidation sites excluding steroid dienone is 2. The molecule has 0 bridgehead atoms. The summed E-state index contributed by atoms with van der Waals surface area (Å²) in [5.74, 6) is 0.547. The standard InChI is InChI=1S/C24H15N4.C13H24O2.Ir/c1-24(2)17-8-5-9-18-22(17)28-21-15(10-13-6-3-4-7-14(13)19(21)24)20-16(23(28)27-18)11-25-12-26-20;1-5-10(6-2)12(14)9-13(15)11(7-3)8-4;/h3-9,11-12H,1-2H3;9-11,14H,5-8H2,1-4H3;/q-1;;/b;12-9-;. The summed E-state index contributed by atoms with van der Waals surface area (Å²) in [6, 6.07) is 18.7. The molecule has 229 valence electrons. The Morgan fingerprint density at radius 1 is 0.955 bits per heavy atom. The summed E-state index contributed by atoms with van der Waals surface area (Å²) in [6.07, 6.45) is 8.40. The monoisotopic (exact) mass is 764 g/mol. The normalized spacial score (nSPS) is 13.9. The Bertz CT molecular complexity index is 2050. The molecule has 0 saturated heterocycles. The molecule has 0 amide bonds.